The number of nitrogens with zero attached hydrogens (tertiary/aromatic N) is 1. The van der Waals surface area contributed by atoms with Crippen molar-refractivity contribution in [3.63, 3.8) is 0 Å². The lowest BCUT2D eigenvalue weighted by Gasteiger charge is -2.32. The molecule has 6 heteroatoms. The number of nitrogens with one attached hydrogen (secondary N) is 1. The van der Waals surface area contributed by atoms with Crippen LogP contribution in [0.15, 0.2) is 18.2 Å². The lowest BCUT2D eigenvalue weighted by atomic mass is 9.89. The highest BCUT2D eigenvalue weighted by atomic mass is 35.5. The van der Waals surface area contributed by atoms with Crippen LogP contribution in [0.3, 0.4) is 0 Å². The normalized spacial score (nSPS) is 22.7. The smallest absolute Gasteiger partial charge is 0.274 e. The number of nitro groups is 1. The van der Waals surface area contributed by atoms with Crippen molar-refractivity contribution in [3.05, 3.63) is 38.9 Å². The lowest BCUT2D eigenvalue weighted by Crippen LogP contribution is -2.43. The highest BCUT2D eigenvalue weighted by Crippen LogP contribution is 2.31. The van der Waals surface area contributed by atoms with Gasteiger partial charge in [0.1, 0.15) is 0 Å². The van der Waals surface area contributed by atoms with Gasteiger partial charge in [-0.1, -0.05) is 24.6 Å². The van der Waals surface area contributed by atoms with E-state index in [0.29, 0.717) is 29.7 Å². The Bertz CT molecular complexity index is 479. The maximum absolute atomic E-state index is 11.1. The standard InChI is InChI=1S/C14H19ClN2O3/c1-2-16-13-6-7-20-9-10(13)8-11-12(15)4-3-5-14(11)17(18)19/h3-5,10,13,16H,2,6-9H2,1H3. The molecule has 0 bridgehead atoms. The summed E-state index contributed by atoms with van der Waals surface area (Å²) in [6.45, 7) is 4.29. The molecule has 1 aliphatic heterocycles. The molecule has 0 amide bonds. The van der Waals surface area contributed by atoms with E-state index in [2.05, 4.69) is 12.2 Å². The molecule has 2 atom stereocenters. The maximum Gasteiger partial charge on any atom is 0.274 e. The number of halogens is 1. The second kappa shape index (κ2) is 7.02. The van der Waals surface area contributed by atoms with Gasteiger partial charge in [-0.2, -0.15) is 0 Å². The summed E-state index contributed by atoms with van der Waals surface area (Å²) in [7, 11) is 0. The Hall–Kier alpha value is -1.17. The van der Waals surface area contributed by atoms with Crippen molar-refractivity contribution in [1.82, 2.24) is 5.32 Å². The van der Waals surface area contributed by atoms with Crippen molar-refractivity contribution in [1.29, 1.82) is 0 Å². The quantitative estimate of drug-likeness (QED) is 0.670. The summed E-state index contributed by atoms with van der Waals surface area (Å²) in [5, 5.41) is 15.0. The molecule has 1 aromatic rings. The molecule has 0 spiro atoms. The highest BCUT2D eigenvalue weighted by Gasteiger charge is 2.28. The van der Waals surface area contributed by atoms with E-state index >= 15 is 0 Å². The fourth-order valence-electron chi connectivity index (χ4n) is 2.71. The van der Waals surface area contributed by atoms with Crippen molar-refractivity contribution in [3.8, 4) is 0 Å². The molecule has 20 heavy (non-hydrogen) atoms. The number of rotatable bonds is 5. The van der Waals surface area contributed by atoms with Gasteiger partial charge in [0, 0.05) is 30.2 Å². The molecule has 1 saturated heterocycles. The first kappa shape index (κ1) is 15.2. The maximum atomic E-state index is 11.1. The van der Waals surface area contributed by atoms with Gasteiger partial charge in [0.15, 0.2) is 0 Å². The first-order valence-electron chi connectivity index (χ1n) is 6.86. The predicted molar refractivity (Wildman–Crippen MR) is 78.2 cm³/mol. The average molecular weight is 299 g/mol. The van der Waals surface area contributed by atoms with Gasteiger partial charge in [0.25, 0.3) is 5.69 Å². The zero-order valence-electron chi connectivity index (χ0n) is 11.5. The molecule has 2 unspecified atom stereocenters. The molecule has 1 aliphatic rings. The number of nitro benzene ring substituents is 1. The number of hydrogen-bond acceptors (Lipinski definition) is 4. The minimum Gasteiger partial charge on any atom is -0.381 e. The van der Waals surface area contributed by atoms with Gasteiger partial charge in [-0.05, 0) is 25.5 Å². The van der Waals surface area contributed by atoms with Crippen LogP contribution in [0.1, 0.15) is 18.9 Å². The van der Waals surface area contributed by atoms with Gasteiger partial charge in [0.05, 0.1) is 16.6 Å². The number of ether oxygens (including phenoxy) is 1. The third-order valence-corrected chi connectivity index (χ3v) is 4.05. The van der Waals surface area contributed by atoms with Gasteiger partial charge < -0.3 is 10.1 Å². The Balaban J connectivity index is 2.21. The Labute approximate surface area is 123 Å². The fourth-order valence-corrected chi connectivity index (χ4v) is 2.96. The second-order valence-electron chi connectivity index (χ2n) is 4.99. The average Bonchev–Trinajstić information content (AvgIpc) is 2.43. The van der Waals surface area contributed by atoms with Gasteiger partial charge in [0.2, 0.25) is 0 Å². The first-order chi connectivity index (χ1) is 9.63. The zero-order chi connectivity index (χ0) is 14.5. The van der Waals surface area contributed by atoms with Crippen molar-refractivity contribution >= 4 is 17.3 Å². The minimum atomic E-state index is -0.368. The molecule has 0 aromatic heterocycles. The SMILES string of the molecule is CCNC1CCOCC1Cc1c(Cl)cccc1[N+](=O)[O-]. The summed E-state index contributed by atoms with van der Waals surface area (Å²) in [5.41, 5.74) is 0.705. The van der Waals surface area contributed by atoms with Crippen LogP contribution in [0.5, 0.6) is 0 Å². The van der Waals surface area contributed by atoms with Crippen LogP contribution in [-0.2, 0) is 11.2 Å². The number of hydrogen-bond donors (Lipinski definition) is 1. The monoisotopic (exact) mass is 298 g/mol. The summed E-state index contributed by atoms with van der Waals surface area (Å²) >= 11 is 6.15. The molecule has 1 aromatic carbocycles. The lowest BCUT2D eigenvalue weighted by molar-refractivity contribution is -0.385. The zero-order valence-corrected chi connectivity index (χ0v) is 12.2. The van der Waals surface area contributed by atoms with E-state index in [1.807, 2.05) is 0 Å². The van der Waals surface area contributed by atoms with E-state index in [-0.39, 0.29) is 16.5 Å². The molecule has 0 saturated carbocycles. The topological polar surface area (TPSA) is 64.4 Å². The Morgan fingerprint density at radius 3 is 3.05 bits per heavy atom. The molecule has 5 nitrogen and oxygen atoms in total. The summed E-state index contributed by atoms with van der Waals surface area (Å²) in [4.78, 5) is 10.8. The molecular formula is C14H19ClN2O3. The summed E-state index contributed by atoms with van der Waals surface area (Å²) in [6, 6.07) is 5.15. The molecule has 1 N–H and O–H groups in total. The number of benzene rings is 1. The van der Waals surface area contributed by atoms with E-state index in [9.17, 15) is 10.1 Å². The summed E-state index contributed by atoms with van der Waals surface area (Å²) in [5.74, 6) is 0.210. The fraction of sp³-hybridized carbons (Fsp3) is 0.571. The van der Waals surface area contributed by atoms with Crippen molar-refractivity contribution in [2.75, 3.05) is 19.8 Å². The van der Waals surface area contributed by atoms with E-state index in [1.165, 1.54) is 6.07 Å². The van der Waals surface area contributed by atoms with Gasteiger partial charge in [-0.15, -0.1) is 0 Å². The van der Waals surface area contributed by atoms with Crippen LogP contribution in [0.25, 0.3) is 0 Å². The Morgan fingerprint density at radius 1 is 1.55 bits per heavy atom. The van der Waals surface area contributed by atoms with Gasteiger partial charge in [-0.3, -0.25) is 10.1 Å². The molecule has 110 valence electrons. The largest absolute Gasteiger partial charge is 0.381 e. The molecule has 2 rings (SSSR count). The summed E-state index contributed by atoms with van der Waals surface area (Å²) < 4.78 is 5.52. The van der Waals surface area contributed by atoms with Crippen molar-refractivity contribution in [2.45, 2.75) is 25.8 Å². The Kier molecular flexibility index (Phi) is 5.34. The molecule has 1 heterocycles. The van der Waals surface area contributed by atoms with Crippen molar-refractivity contribution < 1.29 is 9.66 Å². The van der Waals surface area contributed by atoms with Crippen LogP contribution < -0.4 is 5.32 Å². The molecular weight excluding hydrogens is 280 g/mol. The van der Waals surface area contributed by atoms with Crippen LogP contribution in [0, 0.1) is 16.0 Å². The third kappa shape index (κ3) is 3.48. The van der Waals surface area contributed by atoms with E-state index in [4.69, 9.17) is 16.3 Å². The second-order valence-corrected chi connectivity index (χ2v) is 5.39. The first-order valence-corrected chi connectivity index (χ1v) is 7.24. The van der Waals surface area contributed by atoms with E-state index < -0.39 is 0 Å². The van der Waals surface area contributed by atoms with E-state index in [1.54, 1.807) is 12.1 Å². The third-order valence-electron chi connectivity index (χ3n) is 3.70. The van der Waals surface area contributed by atoms with Crippen LogP contribution in [0.4, 0.5) is 5.69 Å². The van der Waals surface area contributed by atoms with Gasteiger partial charge in [-0.25, -0.2) is 0 Å². The molecule has 0 radical (unpaired) electrons. The van der Waals surface area contributed by atoms with Gasteiger partial charge >= 0.3 is 0 Å². The van der Waals surface area contributed by atoms with Crippen molar-refractivity contribution in [2.24, 2.45) is 5.92 Å². The summed E-state index contributed by atoms with van der Waals surface area (Å²) in [6.07, 6.45) is 1.49. The minimum absolute atomic E-state index is 0.0957. The highest BCUT2D eigenvalue weighted by molar-refractivity contribution is 6.31. The Morgan fingerprint density at radius 2 is 2.35 bits per heavy atom. The predicted octanol–water partition coefficient (Wildman–Crippen LogP) is 2.81. The molecule has 1 fully saturated rings. The van der Waals surface area contributed by atoms with E-state index in [0.717, 1.165) is 19.6 Å². The van der Waals surface area contributed by atoms with Crippen LogP contribution in [0.2, 0.25) is 5.02 Å². The van der Waals surface area contributed by atoms with Crippen LogP contribution >= 0.6 is 11.6 Å². The van der Waals surface area contributed by atoms with Crippen LogP contribution in [-0.4, -0.2) is 30.7 Å². The molecule has 0 aliphatic carbocycles.